The van der Waals surface area contributed by atoms with Gasteiger partial charge in [0.15, 0.2) is 0 Å². The molecule has 19 heavy (non-hydrogen) atoms. The zero-order valence-electron chi connectivity index (χ0n) is 11.9. The van der Waals surface area contributed by atoms with Gasteiger partial charge in [0.25, 0.3) is 0 Å². The Kier molecular flexibility index (Phi) is 3.60. The van der Waals surface area contributed by atoms with Gasteiger partial charge in [0.1, 0.15) is 5.82 Å². The van der Waals surface area contributed by atoms with Gasteiger partial charge in [0.05, 0.1) is 11.7 Å². The average molecular weight is 261 g/mol. The number of hydrogen-bond acceptors (Lipinski definition) is 2. The molecule has 0 unspecified atom stereocenters. The Bertz CT molecular complexity index is 567. The Morgan fingerprint density at radius 2 is 2.05 bits per heavy atom. The van der Waals surface area contributed by atoms with Gasteiger partial charge in [-0.3, -0.25) is 4.68 Å². The second kappa shape index (κ2) is 5.03. The lowest BCUT2D eigenvalue weighted by Crippen LogP contribution is -2.21. The van der Waals surface area contributed by atoms with E-state index in [9.17, 15) is 4.39 Å². The molecule has 2 rings (SSSR count). The fourth-order valence-corrected chi connectivity index (χ4v) is 1.81. The quantitative estimate of drug-likeness (QED) is 0.913. The minimum atomic E-state index is -0.185. The maximum Gasteiger partial charge on any atom is 0.128 e. The molecular formula is C15H20FN3. The van der Waals surface area contributed by atoms with Gasteiger partial charge in [-0.1, -0.05) is 6.07 Å². The third-order valence-electron chi connectivity index (χ3n) is 3.07. The lowest BCUT2D eigenvalue weighted by molar-refractivity contribution is 0.355. The molecule has 0 saturated heterocycles. The van der Waals surface area contributed by atoms with E-state index in [2.05, 4.69) is 31.2 Å². The maximum absolute atomic E-state index is 13.4. The normalized spacial score (nSPS) is 11.6. The van der Waals surface area contributed by atoms with Crippen LogP contribution >= 0.6 is 0 Å². The number of rotatable bonds is 3. The summed E-state index contributed by atoms with van der Waals surface area (Å²) in [5.41, 5.74) is 2.53. The Labute approximate surface area is 113 Å². The van der Waals surface area contributed by atoms with Crippen molar-refractivity contribution in [1.29, 1.82) is 0 Å². The fraction of sp³-hybridized carbons (Fsp3) is 0.400. The van der Waals surface area contributed by atoms with Crippen molar-refractivity contribution in [2.24, 2.45) is 0 Å². The number of benzene rings is 1. The molecule has 0 aliphatic rings. The van der Waals surface area contributed by atoms with E-state index >= 15 is 0 Å². The number of halogens is 1. The van der Waals surface area contributed by atoms with Gasteiger partial charge in [-0.15, -0.1) is 0 Å². The highest BCUT2D eigenvalue weighted by Gasteiger charge is 2.13. The summed E-state index contributed by atoms with van der Waals surface area (Å²) in [6.45, 7) is 8.73. The summed E-state index contributed by atoms with van der Waals surface area (Å²) in [5, 5.41) is 7.58. The molecule has 1 aromatic carbocycles. The van der Waals surface area contributed by atoms with E-state index in [1.54, 1.807) is 13.0 Å². The van der Waals surface area contributed by atoms with Crippen molar-refractivity contribution in [3.05, 3.63) is 47.5 Å². The Balaban J connectivity index is 2.07. The van der Waals surface area contributed by atoms with Crippen LogP contribution in [0.3, 0.4) is 0 Å². The van der Waals surface area contributed by atoms with Gasteiger partial charge in [-0.25, -0.2) is 4.39 Å². The first-order valence-corrected chi connectivity index (χ1v) is 6.41. The molecule has 1 aromatic heterocycles. The summed E-state index contributed by atoms with van der Waals surface area (Å²) < 4.78 is 15.3. The molecule has 0 saturated carbocycles. The molecule has 2 aromatic rings. The zero-order valence-corrected chi connectivity index (χ0v) is 11.9. The summed E-state index contributed by atoms with van der Waals surface area (Å²) in [4.78, 5) is 0. The van der Waals surface area contributed by atoms with Crippen molar-refractivity contribution in [2.75, 3.05) is 5.32 Å². The highest BCUT2D eigenvalue weighted by atomic mass is 19.1. The molecule has 3 nitrogen and oxygen atoms in total. The number of anilines is 1. The van der Waals surface area contributed by atoms with E-state index in [0.29, 0.717) is 12.1 Å². The fourth-order valence-electron chi connectivity index (χ4n) is 1.81. The SMILES string of the molecule is Cc1c(F)cccc1NCc1cnn(C(C)(C)C)c1. The third kappa shape index (κ3) is 3.13. The molecule has 0 amide bonds. The van der Waals surface area contributed by atoms with Gasteiger partial charge in [0.2, 0.25) is 0 Å². The van der Waals surface area contributed by atoms with Gasteiger partial charge in [0, 0.05) is 29.6 Å². The summed E-state index contributed by atoms with van der Waals surface area (Å²) in [7, 11) is 0. The standard InChI is InChI=1S/C15H20FN3/c1-11-13(16)6-5-7-14(11)17-8-12-9-18-19(10-12)15(2,3)4/h5-7,9-10,17H,8H2,1-4H3. The second-order valence-corrected chi connectivity index (χ2v) is 5.73. The van der Waals surface area contributed by atoms with Crippen molar-refractivity contribution in [2.45, 2.75) is 39.8 Å². The summed E-state index contributed by atoms with van der Waals surface area (Å²) >= 11 is 0. The van der Waals surface area contributed by atoms with Crippen LogP contribution in [0.15, 0.2) is 30.6 Å². The Hall–Kier alpha value is -1.84. The van der Waals surface area contributed by atoms with Crippen molar-refractivity contribution in [3.8, 4) is 0 Å². The Morgan fingerprint density at radius 3 is 2.68 bits per heavy atom. The van der Waals surface area contributed by atoms with Crippen molar-refractivity contribution < 1.29 is 4.39 Å². The van der Waals surface area contributed by atoms with Crippen molar-refractivity contribution in [1.82, 2.24) is 9.78 Å². The van der Waals surface area contributed by atoms with E-state index in [1.165, 1.54) is 6.07 Å². The van der Waals surface area contributed by atoms with Crippen LogP contribution in [0.4, 0.5) is 10.1 Å². The topological polar surface area (TPSA) is 29.9 Å². The maximum atomic E-state index is 13.4. The first kappa shape index (κ1) is 13.6. The van der Waals surface area contributed by atoms with Crippen molar-refractivity contribution in [3.63, 3.8) is 0 Å². The zero-order chi connectivity index (χ0) is 14.0. The van der Waals surface area contributed by atoms with Crippen LogP contribution in [-0.2, 0) is 12.1 Å². The van der Waals surface area contributed by atoms with Gasteiger partial charge < -0.3 is 5.32 Å². The minimum absolute atomic E-state index is 0.0208. The van der Waals surface area contributed by atoms with Crippen molar-refractivity contribution >= 4 is 5.69 Å². The lowest BCUT2D eigenvalue weighted by Gasteiger charge is -2.18. The summed E-state index contributed by atoms with van der Waals surface area (Å²) in [6, 6.07) is 5.06. The molecule has 1 N–H and O–H groups in total. The predicted molar refractivity (Wildman–Crippen MR) is 75.7 cm³/mol. The second-order valence-electron chi connectivity index (χ2n) is 5.73. The molecule has 0 atom stereocenters. The number of hydrogen-bond donors (Lipinski definition) is 1. The predicted octanol–water partition coefficient (Wildman–Crippen LogP) is 3.70. The average Bonchev–Trinajstić information content (AvgIpc) is 2.79. The summed E-state index contributed by atoms with van der Waals surface area (Å²) in [6.07, 6.45) is 3.86. The van der Waals surface area contributed by atoms with Crippen LogP contribution in [0.1, 0.15) is 31.9 Å². The largest absolute Gasteiger partial charge is 0.381 e. The van der Waals surface area contributed by atoms with E-state index in [4.69, 9.17) is 0 Å². The van der Waals surface area contributed by atoms with Crippen LogP contribution in [0.2, 0.25) is 0 Å². The molecule has 1 heterocycles. The lowest BCUT2D eigenvalue weighted by atomic mass is 10.1. The number of aromatic nitrogens is 2. The highest BCUT2D eigenvalue weighted by molar-refractivity contribution is 5.51. The molecule has 4 heteroatoms. The molecule has 0 bridgehead atoms. The number of nitrogens with one attached hydrogen (secondary N) is 1. The Morgan fingerprint density at radius 1 is 1.32 bits per heavy atom. The van der Waals surface area contributed by atoms with Crippen LogP contribution in [0.25, 0.3) is 0 Å². The molecular weight excluding hydrogens is 241 g/mol. The molecule has 0 fully saturated rings. The van der Waals surface area contributed by atoms with E-state index in [0.717, 1.165) is 11.3 Å². The first-order chi connectivity index (χ1) is 8.88. The molecule has 102 valence electrons. The minimum Gasteiger partial charge on any atom is -0.381 e. The van der Waals surface area contributed by atoms with Crippen LogP contribution in [-0.4, -0.2) is 9.78 Å². The van der Waals surface area contributed by atoms with E-state index in [1.807, 2.05) is 23.1 Å². The van der Waals surface area contributed by atoms with Crippen LogP contribution < -0.4 is 5.32 Å². The molecule has 0 aliphatic heterocycles. The number of nitrogens with zero attached hydrogens (tertiary/aromatic N) is 2. The summed E-state index contributed by atoms with van der Waals surface area (Å²) in [5.74, 6) is -0.185. The van der Waals surface area contributed by atoms with Crippen LogP contribution in [0, 0.1) is 12.7 Å². The highest BCUT2D eigenvalue weighted by Crippen LogP contribution is 2.19. The van der Waals surface area contributed by atoms with Crippen LogP contribution in [0.5, 0.6) is 0 Å². The first-order valence-electron chi connectivity index (χ1n) is 6.41. The van der Waals surface area contributed by atoms with Gasteiger partial charge in [-0.05, 0) is 39.8 Å². The molecule has 0 spiro atoms. The van der Waals surface area contributed by atoms with Gasteiger partial charge in [-0.2, -0.15) is 5.10 Å². The molecule has 0 radical (unpaired) electrons. The van der Waals surface area contributed by atoms with E-state index in [-0.39, 0.29) is 11.4 Å². The smallest absolute Gasteiger partial charge is 0.128 e. The molecule has 0 aliphatic carbocycles. The third-order valence-corrected chi connectivity index (χ3v) is 3.07. The monoisotopic (exact) mass is 261 g/mol. The van der Waals surface area contributed by atoms with E-state index < -0.39 is 0 Å². The van der Waals surface area contributed by atoms with Gasteiger partial charge >= 0.3 is 0 Å².